The summed E-state index contributed by atoms with van der Waals surface area (Å²) in [7, 11) is 0. The van der Waals surface area contributed by atoms with E-state index in [1.165, 1.54) is 0 Å². The number of benzene rings is 1. The van der Waals surface area contributed by atoms with Gasteiger partial charge in [0, 0.05) is 0 Å². The summed E-state index contributed by atoms with van der Waals surface area (Å²) in [6.45, 7) is 0. The van der Waals surface area contributed by atoms with Crippen LogP contribution >= 0.6 is 22.9 Å². The smallest absolute Gasteiger partial charge is 0.230 e. The van der Waals surface area contributed by atoms with Crippen molar-refractivity contribution in [2.75, 3.05) is 0 Å². The van der Waals surface area contributed by atoms with E-state index in [0.717, 1.165) is 0 Å². The molecular formula is C9H2ClF6NS. The fraction of sp³-hybridized carbons (Fsp3) is 0.222. The molecule has 1 nitrogen and oxygen atoms in total. The zero-order valence-electron chi connectivity index (χ0n) is 8.16. The van der Waals surface area contributed by atoms with Gasteiger partial charge in [0.05, 0.1) is 15.3 Å². The van der Waals surface area contributed by atoms with Crippen LogP contribution in [-0.4, -0.2) is 4.98 Å². The summed E-state index contributed by atoms with van der Waals surface area (Å²) in [6, 6.07) is 1.16. The third-order valence-electron chi connectivity index (χ3n) is 2.02. The zero-order chi connectivity index (χ0) is 13.7. The van der Waals surface area contributed by atoms with E-state index in [0.29, 0.717) is 12.1 Å². The molecule has 0 bridgehead atoms. The van der Waals surface area contributed by atoms with Gasteiger partial charge in [0.2, 0.25) is 0 Å². The molecule has 0 spiro atoms. The van der Waals surface area contributed by atoms with Crippen molar-refractivity contribution in [1.29, 1.82) is 0 Å². The van der Waals surface area contributed by atoms with Gasteiger partial charge in [-0.25, -0.2) is 4.98 Å². The van der Waals surface area contributed by atoms with E-state index in [1.807, 2.05) is 0 Å². The van der Waals surface area contributed by atoms with Crippen molar-refractivity contribution in [3.8, 4) is 0 Å². The fourth-order valence-corrected chi connectivity index (χ4v) is 2.49. The molecule has 0 radical (unpaired) electrons. The van der Waals surface area contributed by atoms with Crippen molar-refractivity contribution in [2.45, 2.75) is 12.4 Å². The maximum absolute atomic E-state index is 12.4. The average Bonchev–Trinajstić information content (AvgIpc) is 2.59. The number of aromatic nitrogens is 1. The first-order valence-electron chi connectivity index (χ1n) is 4.33. The zero-order valence-corrected chi connectivity index (χ0v) is 9.73. The summed E-state index contributed by atoms with van der Waals surface area (Å²) < 4.78 is 74.2. The summed E-state index contributed by atoms with van der Waals surface area (Å²) in [5, 5.41) is -1.68. The van der Waals surface area contributed by atoms with Crippen LogP contribution in [0.4, 0.5) is 26.3 Å². The van der Waals surface area contributed by atoms with Crippen LogP contribution in [0.15, 0.2) is 12.1 Å². The van der Waals surface area contributed by atoms with Gasteiger partial charge in [-0.3, -0.25) is 0 Å². The summed E-state index contributed by atoms with van der Waals surface area (Å²) in [5.41, 5.74) is -1.38. The number of alkyl halides is 6. The maximum Gasteiger partial charge on any atom is 0.443 e. The molecular weight excluding hydrogens is 304 g/mol. The number of hydrogen-bond donors (Lipinski definition) is 0. The van der Waals surface area contributed by atoms with Crippen LogP contribution in [0.25, 0.3) is 10.2 Å². The van der Waals surface area contributed by atoms with Crippen LogP contribution in [0.5, 0.6) is 0 Å². The van der Waals surface area contributed by atoms with Crippen LogP contribution in [-0.2, 0) is 12.4 Å². The van der Waals surface area contributed by atoms with E-state index in [4.69, 9.17) is 11.6 Å². The molecule has 0 saturated carbocycles. The second-order valence-electron chi connectivity index (χ2n) is 3.32. The molecule has 2 rings (SSSR count). The minimum Gasteiger partial charge on any atom is -0.230 e. The molecule has 18 heavy (non-hydrogen) atoms. The summed E-state index contributed by atoms with van der Waals surface area (Å²) >= 11 is 5.64. The highest BCUT2D eigenvalue weighted by molar-refractivity contribution is 7.18. The van der Waals surface area contributed by atoms with Gasteiger partial charge in [0.25, 0.3) is 0 Å². The van der Waals surface area contributed by atoms with E-state index in [2.05, 4.69) is 4.98 Å². The van der Waals surface area contributed by atoms with Crippen molar-refractivity contribution < 1.29 is 26.3 Å². The lowest BCUT2D eigenvalue weighted by atomic mass is 10.2. The predicted octanol–water partition coefficient (Wildman–Crippen LogP) is 4.99. The Bertz CT molecular complexity index is 599. The molecule has 0 atom stereocenters. The third kappa shape index (κ3) is 2.39. The Morgan fingerprint density at radius 3 is 2.11 bits per heavy atom. The van der Waals surface area contributed by atoms with Crippen LogP contribution in [0.1, 0.15) is 10.6 Å². The highest BCUT2D eigenvalue weighted by Crippen LogP contribution is 2.40. The lowest BCUT2D eigenvalue weighted by Crippen LogP contribution is -2.04. The Kier molecular flexibility index (Phi) is 2.97. The quantitative estimate of drug-likeness (QED) is 0.625. The first-order valence-corrected chi connectivity index (χ1v) is 5.53. The first kappa shape index (κ1) is 13.4. The molecule has 1 aromatic heterocycles. The molecule has 0 aliphatic carbocycles. The molecule has 1 heterocycles. The number of nitrogens with zero attached hydrogens (tertiary/aromatic N) is 1. The number of halogens is 7. The Labute approximate surface area is 105 Å². The van der Waals surface area contributed by atoms with Crippen molar-refractivity contribution in [3.63, 3.8) is 0 Å². The highest BCUT2D eigenvalue weighted by atomic mass is 35.5. The normalized spacial score (nSPS) is 13.3. The monoisotopic (exact) mass is 305 g/mol. The second-order valence-corrected chi connectivity index (χ2v) is 4.76. The van der Waals surface area contributed by atoms with Gasteiger partial charge in [0.1, 0.15) is 5.52 Å². The molecule has 0 aliphatic heterocycles. The molecule has 0 N–H and O–H groups in total. The van der Waals surface area contributed by atoms with Crippen molar-refractivity contribution in [3.05, 3.63) is 27.7 Å². The molecule has 0 aliphatic rings. The molecule has 0 amide bonds. The lowest BCUT2D eigenvalue weighted by molar-refractivity contribution is -0.138. The molecule has 98 valence electrons. The Balaban J connectivity index is 2.67. The SMILES string of the molecule is FC(F)(F)c1cc(Cl)c2nc(C(F)(F)F)sc2c1. The van der Waals surface area contributed by atoms with Crippen LogP contribution in [0.2, 0.25) is 5.02 Å². The molecule has 2 aromatic rings. The number of hydrogen-bond acceptors (Lipinski definition) is 2. The van der Waals surface area contributed by atoms with Crippen LogP contribution in [0, 0.1) is 0 Å². The second kappa shape index (κ2) is 3.99. The third-order valence-corrected chi connectivity index (χ3v) is 3.35. The molecule has 0 unspecified atom stereocenters. The molecule has 1 aromatic carbocycles. The van der Waals surface area contributed by atoms with Crippen LogP contribution in [0.3, 0.4) is 0 Å². The largest absolute Gasteiger partial charge is 0.443 e. The Hall–Kier alpha value is -1.02. The van der Waals surface area contributed by atoms with Gasteiger partial charge in [-0.15, -0.1) is 11.3 Å². The highest BCUT2D eigenvalue weighted by Gasteiger charge is 2.36. The number of rotatable bonds is 0. The number of fused-ring (bicyclic) bond motifs is 1. The van der Waals surface area contributed by atoms with E-state index in [1.54, 1.807) is 0 Å². The van der Waals surface area contributed by atoms with Gasteiger partial charge < -0.3 is 0 Å². The molecule has 9 heteroatoms. The van der Waals surface area contributed by atoms with Gasteiger partial charge >= 0.3 is 12.4 Å². The fourth-order valence-electron chi connectivity index (χ4n) is 1.27. The summed E-state index contributed by atoms with van der Waals surface area (Å²) in [4.78, 5) is 3.20. The lowest BCUT2D eigenvalue weighted by Gasteiger charge is -2.06. The molecule has 0 saturated heterocycles. The number of thiazole rings is 1. The summed E-state index contributed by atoms with van der Waals surface area (Å²) in [6.07, 6.45) is -9.37. The van der Waals surface area contributed by atoms with Gasteiger partial charge in [-0.2, -0.15) is 26.3 Å². The minimum absolute atomic E-state index is 0.128. The first-order chi connectivity index (χ1) is 8.09. The minimum atomic E-state index is -4.70. The maximum atomic E-state index is 12.4. The standard InChI is InChI=1S/C9H2ClF6NS/c10-4-1-3(8(11,12)13)2-5-6(4)17-7(18-5)9(14,15)16/h1-2H. The average molecular weight is 306 g/mol. The van der Waals surface area contributed by atoms with E-state index < -0.39 is 27.9 Å². The predicted molar refractivity (Wildman–Crippen MR) is 54.6 cm³/mol. The molecule has 0 fully saturated rings. The van der Waals surface area contributed by atoms with Gasteiger partial charge in [-0.05, 0) is 12.1 Å². The van der Waals surface area contributed by atoms with E-state index in [-0.39, 0.29) is 21.6 Å². The topological polar surface area (TPSA) is 12.9 Å². The van der Waals surface area contributed by atoms with Gasteiger partial charge in [-0.1, -0.05) is 11.6 Å². The van der Waals surface area contributed by atoms with E-state index >= 15 is 0 Å². The van der Waals surface area contributed by atoms with Crippen molar-refractivity contribution in [2.24, 2.45) is 0 Å². The van der Waals surface area contributed by atoms with Gasteiger partial charge in [0.15, 0.2) is 5.01 Å². The Morgan fingerprint density at radius 2 is 1.61 bits per heavy atom. The van der Waals surface area contributed by atoms with Crippen LogP contribution < -0.4 is 0 Å². The van der Waals surface area contributed by atoms with Crippen molar-refractivity contribution >= 4 is 33.2 Å². The van der Waals surface area contributed by atoms with E-state index in [9.17, 15) is 26.3 Å². The van der Waals surface area contributed by atoms with Crippen molar-refractivity contribution in [1.82, 2.24) is 4.98 Å². The Morgan fingerprint density at radius 1 is 1.00 bits per heavy atom. The summed E-state index contributed by atoms with van der Waals surface area (Å²) in [5.74, 6) is 0.